The van der Waals surface area contributed by atoms with Crippen molar-refractivity contribution in [3.05, 3.63) is 34.9 Å². The number of carboxylic acid groups (broad SMARTS) is 1. The van der Waals surface area contributed by atoms with Crippen molar-refractivity contribution in [2.24, 2.45) is 0 Å². The zero-order valence-electron chi connectivity index (χ0n) is 9.41. The van der Waals surface area contributed by atoms with Crippen LogP contribution < -0.4 is 4.74 Å². The van der Waals surface area contributed by atoms with E-state index in [2.05, 4.69) is 4.74 Å². The minimum atomic E-state index is -2.94. The second-order valence-electron chi connectivity index (χ2n) is 3.54. The summed E-state index contributed by atoms with van der Waals surface area (Å²) in [4.78, 5) is 10.4. The van der Waals surface area contributed by atoms with Gasteiger partial charge in [0.1, 0.15) is 5.75 Å². The summed E-state index contributed by atoms with van der Waals surface area (Å²) in [5.41, 5.74) is 1.79. The van der Waals surface area contributed by atoms with Gasteiger partial charge in [-0.25, -0.2) is 4.79 Å². The Labute approximate surface area is 97.3 Å². The number of ether oxygens (including phenoxy) is 1. The minimum absolute atomic E-state index is 0.0185. The molecule has 0 amide bonds. The van der Waals surface area contributed by atoms with Gasteiger partial charge in [0.15, 0.2) is 0 Å². The number of alkyl halides is 2. The monoisotopic (exact) mass is 242 g/mol. The predicted molar refractivity (Wildman–Crippen MR) is 59.2 cm³/mol. The molecule has 0 heterocycles. The summed E-state index contributed by atoms with van der Waals surface area (Å²) in [5.74, 6) is -1.16. The van der Waals surface area contributed by atoms with Gasteiger partial charge in [-0.05, 0) is 37.1 Å². The van der Waals surface area contributed by atoms with Gasteiger partial charge in [0.25, 0.3) is 0 Å². The van der Waals surface area contributed by atoms with Gasteiger partial charge in [-0.2, -0.15) is 8.78 Å². The van der Waals surface area contributed by atoms with E-state index in [0.717, 1.165) is 11.6 Å². The van der Waals surface area contributed by atoms with Gasteiger partial charge in [-0.1, -0.05) is 6.07 Å². The molecule has 0 saturated carbocycles. The lowest BCUT2D eigenvalue weighted by Crippen LogP contribution is -2.04. The van der Waals surface area contributed by atoms with Gasteiger partial charge < -0.3 is 9.84 Å². The predicted octanol–water partition coefficient (Wildman–Crippen LogP) is 3.00. The normalized spacial score (nSPS) is 11.1. The van der Waals surface area contributed by atoms with E-state index in [1.165, 1.54) is 12.1 Å². The Balaban J connectivity index is 3.20. The summed E-state index contributed by atoms with van der Waals surface area (Å²) in [6, 6.07) is 3.21. The number of halogens is 2. The Hall–Kier alpha value is -1.91. The van der Waals surface area contributed by atoms with E-state index in [9.17, 15) is 13.6 Å². The van der Waals surface area contributed by atoms with Gasteiger partial charge in [-0.3, -0.25) is 0 Å². The smallest absolute Gasteiger partial charge is 0.387 e. The fraction of sp³-hybridized carbons (Fsp3) is 0.250. The molecular formula is C12H12F2O3. The van der Waals surface area contributed by atoms with Crippen LogP contribution >= 0.6 is 0 Å². The summed E-state index contributed by atoms with van der Waals surface area (Å²) in [6.45, 7) is 0.510. The number of hydrogen-bond acceptors (Lipinski definition) is 2. The third-order valence-electron chi connectivity index (χ3n) is 2.10. The van der Waals surface area contributed by atoms with Crippen LogP contribution in [-0.4, -0.2) is 17.7 Å². The standard InChI is InChI=1S/C12H12F2O3/c1-7-5-8(2)9(3-4-11(15)16)10(6-7)17-12(13)14/h3-6,12H,1-2H3,(H,15,16)/b4-3+. The van der Waals surface area contributed by atoms with Crippen molar-refractivity contribution in [2.45, 2.75) is 20.5 Å². The molecule has 0 fully saturated rings. The Bertz CT molecular complexity index is 453. The molecule has 1 aromatic carbocycles. The molecule has 0 spiro atoms. The van der Waals surface area contributed by atoms with E-state index in [4.69, 9.17) is 5.11 Å². The molecule has 1 aromatic rings. The first kappa shape index (κ1) is 13.2. The Morgan fingerprint density at radius 1 is 1.41 bits per heavy atom. The molecule has 0 bridgehead atoms. The van der Waals surface area contributed by atoms with E-state index in [0.29, 0.717) is 11.1 Å². The molecule has 0 aliphatic rings. The molecular weight excluding hydrogens is 230 g/mol. The molecule has 17 heavy (non-hydrogen) atoms. The lowest BCUT2D eigenvalue weighted by Gasteiger charge is -2.11. The van der Waals surface area contributed by atoms with Crippen LogP contribution in [0.25, 0.3) is 6.08 Å². The topological polar surface area (TPSA) is 46.5 Å². The summed E-state index contributed by atoms with van der Waals surface area (Å²) in [6.07, 6.45) is 2.13. The lowest BCUT2D eigenvalue weighted by atomic mass is 10.0. The first-order valence-corrected chi connectivity index (χ1v) is 4.87. The van der Waals surface area contributed by atoms with E-state index in [-0.39, 0.29) is 5.75 Å². The van der Waals surface area contributed by atoms with Gasteiger partial charge in [-0.15, -0.1) is 0 Å². The summed E-state index contributed by atoms with van der Waals surface area (Å²) in [7, 11) is 0. The highest BCUT2D eigenvalue weighted by atomic mass is 19.3. The maximum atomic E-state index is 12.2. The van der Waals surface area contributed by atoms with Crippen LogP contribution in [0, 0.1) is 13.8 Å². The lowest BCUT2D eigenvalue weighted by molar-refractivity contribution is -0.131. The van der Waals surface area contributed by atoms with Crippen LogP contribution in [0.5, 0.6) is 5.75 Å². The minimum Gasteiger partial charge on any atom is -0.478 e. The zero-order chi connectivity index (χ0) is 13.0. The number of rotatable bonds is 4. The van der Waals surface area contributed by atoms with E-state index in [1.54, 1.807) is 19.9 Å². The molecule has 3 nitrogen and oxygen atoms in total. The van der Waals surface area contributed by atoms with Crippen molar-refractivity contribution in [1.29, 1.82) is 0 Å². The molecule has 0 radical (unpaired) electrons. The van der Waals surface area contributed by atoms with E-state index < -0.39 is 12.6 Å². The fourth-order valence-electron chi connectivity index (χ4n) is 1.50. The number of carbonyl (C=O) groups is 1. The van der Waals surface area contributed by atoms with Crippen molar-refractivity contribution in [2.75, 3.05) is 0 Å². The Kier molecular flexibility index (Phi) is 4.20. The molecule has 0 unspecified atom stereocenters. The highest BCUT2D eigenvalue weighted by molar-refractivity contribution is 5.86. The number of aliphatic carboxylic acids is 1. The molecule has 0 aliphatic heterocycles. The number of carboxylic acids is 1. The molecule has 0 aromatic heterocycles. The van der Waals surface area contributed by atoms with Crippen LogP contribution in [0.15, 0.2) is 18.2 Å². The second-order valence-corrected chi connectivity index (χ2v) is 3.54. The van der Waals surface area contributed by atoms with E-state index >= 15 is 0 Å². The molecule has 0 saturated heterocycles. The van der Waals surface area contributed by atoms with Gasteiger partial charge >= 0.3 is 12.6 Å². The molecule has 1 rings (SSSR count). The third kappa shape index (κ3) is 3.86. The van der Waals surface area contributed by atoms with Gasteiger partial charge in [0.05, 0.1) is 0 Å². The van der Waals surface area contributed by atoms with Gasteiger partial charge in [0, 0.05) is 11.6 Å². The molecule has 92 valence electrons. The van der Waals surface area contributed by atoms with Crippen molar-refractivity contribution in [3.63, 3.8) is 0 Å². The highest BCUT2D eigenvalue weighted by Crippen LogP contribution is 2.27. The number of hydrogen-bond donors (Lipinski definition) is 1. The van der Waals surface area contributed by atoms with Crippen LogP contribution in [0.4, 0.5) is 8.78 Å². The SMILES string of the molecule is Cc1cc(C)c(/C=C/C(=O)O)c(OC(F)F)c1. The molecule has 5 heteroatoms. The first-order valence-electron chi connectivity index (χ1n) is 4.87. The van der Waals surface area contributed by atoms with Gasteiger partial charge in [0.2, 0.25) is 0 Å². The average molecular weight is 242 g/mol. The largest absolute Gasteiger partial charge is 0.478 e. The van der Waals surface area contributed by atoms with Crippen LogP contribution in [0.3, 0.4) is 0 Å². The first-order chi connectivity index (χ1) is 7.90. The summed E-state index contributed by atoms with van der Waals surface area (Å²) < 4.78 is 28.8. The van der Waals surface area contributed by atoms with Crippen LogP contribution in [0.1, 0.15) is 16.7 Å². The third-order valence-corrected chi connectivity index (χ3v) is 2.10. The summed E-state index contributed by atoms with van der Waals surface area (Å²) in [5, 5.41) is 8.52. The van der Waals surface area contributed by atoms with Crippen molar-refractivity contribution in [1.82, 2.24) is 0 Å². The maximum absolute atomic E-state index is 12.2. The summed E-state index contributed by atoms with van der Waals surface area (Å²) >= 11 is 0. The fourth-order valence-corrected chi connectivity index (χ4v) is 1.50. The van der Waals surface area contributed by atoms with Crippen molar-refractivity contribution < 1.29 is 23.4 Å². The zero-order valence-corrected chi connectivity index (χ0v) is 9.41. The molecule has 0 aliphatic carbocycles. The van der Waals surface area contributed by atoms with E-state index in [1.807, 2.05) is 0 Å². The second kappa shape index (κ2) is 5.43. The van der Waals surface area contributed by atoms with Crippen LogP contribution in [0.2, 0.25) is 0 Å². The molecule has 1 N–H and O–H groups in total. The molecule has 0 atom stereocenters. The maximum Gasteiger partial charge on any atom is 0.387 e. The Morgan fingerprint density at radius 2 is 2.06 bits per heavy atom. The van der Waals surface area contributed by atoms with Crippen LogP contribution in [-0.2, 0) is 4.79 Å². The number of benzene rings is 1. The van der Waals surface area contributed by atoms with Crippen molar-refractivity contribution >= 4 is 12.0 Å². The number of aryl methyl sites for hydroxylation is 2. The Morgan fingerprint density at radius 3 is 2.59 bits per heavy atom. The average Bonchev–Trinajstić information content (AvgIpc) is 2.14. The van der Waals surface area contributed by atoms with Crippen molar-refractivity contribution in [3.8, 4) is 5.75 Å². The highest BCUT2D eigenvalue weighted by Gasteiger charge is 2.11. The quantitative estimate of drug-likeness (QED) is 0.825.